The van der Waals surface area contributed by atoms with Crippen molar-refractivity contribution in [2.24, 2.45) is 0 Å². The summed E-state index contributed by atoms with van der Waals surface area (Å²) in [6.45, 7) is 5.11. The van der Waals surface area contributed by atoms with Crippen molar-refractivity contribution in [2.75, 3.05) is 0 Å². The molecule has 50 valence electrons. The van der Waals surface area contributed by atoms with E-state index in [1.807, 2.05) is 6.92 Å². The van der Waals surface area contributed by atoms with E-state index >= 15 is 0 Å². The van der Waals surface area contributed by atoms with Gasteiger partial charge in [0.05, 0.1) is 6.07 Å². The van der Waals surface area contributed by atoms with Crippen LogP contribution in [0.2, 0.25) is 5.28 Å². The van der Waals surface area contributed by atoms with Crippen molar-refractivity contribution in [1.82, 2.24) is 0 Å². The van der Waals surface area contributed by atoms with Gasteiger partial charge in [-0.25, -0.2) is 20.1 Å². The first kappa shape index (κ1) is 12.1. The highest BCUT2D eigenvalue weighted by atomic mass is 35.7. The lowest BCUT2D eigenvalue weighted by molar-refractivity contribution is 1.47. The van der Waals surface area contributed by atoms with Gasteiger partial charge in [0.15, 0.2) is 0 Å². The van der Waals surface area contributed by atoms with E-state index in [-0.39, 0.29) is 0 Å². The second-order valence-electron chi connectivity index (χ2n) is 1.13. The normalized spacial score (nSPS) is 6.00. The quantitative estimate of drug-likeness (QED) is 0.449. The van der Waals surface area contributed by atoms with E-state index in [1.54, 1.807) is 6.07 Å². The number of halogens is 2. The molecule has 0 aromatic heterocycles. The number of nitriles is 1. The van der Waals surface area contributed by atoms with E-state index < -0.39 is 12.3 Å². The zero-order valence-electron chi connectivity index (χ0n) is 5.27. The van der Waals surface area contributed by atoms with Crippen LogP contribution in [0.1, 0.15) is 6.92 Å². The predicted molar refractivity (Wildman–Crippen MR) is 43.8 cm³/mol. The molecule has 4 heteroatoms. The molecule has 0 saturated carbocycles. The second-order valence-corrected chi connectivity index (χ2v) is 6.56. The maximum Gasteiger partial charge on any atom is 0.519 e. The molecule has 0 bridgehead atoms. The molecule has 0 aliphatic rings. The Morgan fingerprint density at radius 3 is 2.00 bits per heavy atom. The minimum absolute atomic E-state index is 0.975. The van der Waals surface area contributed by atoms with Gasteiger partial charge in [0.25, 0.3) is 0 Å². The van der Waals surface area contributed by atoms with Crippen molar-refractivity contribution >= 4 is 32.4 Å². The van der Waals surface area contributed by atoms with Crippen LogP contribution in [0, 0.1) is 11.3 Å². The van der Waals surface area contributed by atoms with Crippen molar-refractivity contribution in [2.45, 2.75) is 12.2 Å². The Labute approximate surface area is 68.7 Å². The Morgan fingerprint density at radius 2 is 2.00 bits per heavy atom. The molecule has 1 nitrogen and oxygen atoms in total. The third kappa shape index (κ3) is 30.0. The van der Waals surface area contributed by atoms with Gasteiger partial charge in [-0.15, -0.1) is 0 Å². The van der Waals surface area contributed by atoms with Crippen LogP contribution in [-0.2, 0) is 0 Å². The summed E-state index contributed by atoms with van der Waals surface area (Å²) in [5, 5.41) is 8.48. The fraction of sp³-hybridized carbons (Fsp3) is 0.400. The molecule has 9 heavy (non-hydrogen) atoms. The maximum absolute atomic E-state index is 7.51. The average molecular weight is 180 g/mol. The lowest BCUT2D eigenvalue weighted by Crippen LogP contribution is -1.83. The van der Waals surface area contributed by atoms with Crippen LogP contribution in [0.4, 0.5) is 0 Å². The van der Waals surface area contributed by atoms with Crippen LogP contribution in [0.3, 0.4) is 0 Å². The highest BCUT2D eigenvalue weighted by Gasteiger charge is 2.02. The lowest BCUT2D eigenvalue weighted by Gasteiger charge is -1.74. The van der Waals surface area contributed by atoms with Crippen molar-refractivity contribution in [3.63, 3.8) is 0 Å². The molecule has 0 fully saturated rings. The largest absolute Gasteiger partial charge is 0.519 e. The first-order chi connectivity index (χ1) is 4.18. The van der Waals surface area contributed by atoms with Gasteiger partial charge in [-0.3, -0.25) is 0 Å². The van der Waals surface area contributed by atoms with Crippen LogP contribution in [0.5, 0.6) is 0 Å². The Bertz CT molecular complexity index is 97.6. The SMILES string of the molecule is C=CC#N.C[CH2][Al]([Cl])[Cl]. The minimum atomic E-state index is -1.21. The number of allylic oxidation sites excluding steroid dienone is 1. The monoisotopic (exact) mass is 179 g/mol. The predicted octanol–water partition coefficient (Wildman–Crippen LogP) is 2.67. The zero-order valence-corrected chi connectivity index (χ0v) is 7.94. The summed E-state index contributed by atoms with van der Waals surface area (Å²) in [4.78, 5) is 0. The van der Waals surface area contributed by atoms with Crippen molar-refractivity contribution in [3.05, 3.63) is 12.7 Å². The summed E-state index contributed by atoms with van der Waals surface area (Å²) in [6, 6.07) is 1.69. The first-order valence-corrected chi connectivity index (χ1v) is 6.78. The van der Waals surface area contributed by atoms with Gasteiger partial charge in [0, 0.05) is 6.08 Å². The number of nitrogens with zero attached hydrogens (tertiary/aromatic N) is 1. The number of hydrogen-bond acceptors (Lipinski definition) is 1. The van der Waals surface area contributed by atoms with Gasteiger partial charge in [-0.05, 0) is 0 Å². The standard InChI is InChI=1S/C3H3N.C2H5.Al.2ClH/c1-2-3-4;1-2;;;/h2H,1H2;1H2,2H3;;2*1H/q;;+2;;/p-2. The third-order valence-corrected chi connectivity index (χ3v) is 2.87. The molecule has 0 saturated heterocycles. The highest BCUT2D eigenvalue weighted by molar-refractivity contribution is 7.33. The molecule has 0 aromatic carbocycles. The van der Waals surface area contributed by atoms with Crippen LogP contribution < -0.4 is 0 Å². The van der Waals surface area contributed by atoms with E-state index in [0.29, 0.717) is 0 Å². The van der Waals surface area contributed by atoms with Crippen LogP contribution in [0.25, 0.3) is 0 Å². The van der Waals surface area contributed by atoms with E-state index in [2.05, 4.69) is 6.58 Å². The molecule has 0 radical (unpaired) electrons. The fourth-order valence-corrected chi connectivity index (χ4v) is 0. The van der Waals surface area contributed by atoms with Gasteiger partial charge < -0.3 is 0 Å². The second kappa shape index (κ2) is 11.2. The number of hydrogen-bond donors (Lipinski definition) is 0. The molecule has 0 atom stereocenters. The van der Waals surface area contributed by atoms with Crippen LogP contribution in [-0.4, -0.2) is 12.3 Å². The summed E-state index contributed by atoms with van der Waals surface area (Å²) >= 11 is -1.21. The molecule has 0 amide bonds. The topological polar surface area (TPSA) is 23.8 Å². The molecule has 0 N–H and O–H groups in total. The van der Waals surface area contributed by atoms with E-state index in [1.165, 1.54) is 6.08 Å². The smallest absolute Gasteiger partial charge is 0.234 e. The molecule has 0 heterocycles. The third-order valence-electron chi connectivity index (χ3n) is 0.400. The summed E-state index contributed by atoms with van der Waals surface area (Å²) in [7, 11) is 10.7. The minimum Gasteiger partial charge on any atom is -0.234 e. The Balaban J connectivity index is 0. The fourth-order valence-electron chi connectivity index (χ4n) is 0. The van der Waals surface area contributed by atoms with Crippen LogP contribution >= 0.6 is 20.1 Å². The van der Waals surface area contributed by atoms with Gasteiger partial charge in [-0.1, -0.05) is 18.8 Å². The van der Waals surface area contributed by atoms with Gasteiger partial charge in [-0.2, -0.15) is 5.26 Å². The van der Waals surface area contributed by atoms with Crippen molar-refractivity contribution < 1.29 is 0 Å². The zero-order chi connectivity index (χ0) is 7.70. The lowest BCUT2D eigenvalue weighted by atomic mass is 10.8. The molecule has 0 aliphatic carbocycles. The van der Waals surface area contributed by atoms with E-state index in [4.69, 9.17) is 25.4 Å². The molecule has 0 spiro atoms. The van der Waals surface area contributed by atoms with Gasteiger partial charge in [0.2, 0.25) is 0 Å². The maximum atomic E-state index is 7.51. The average Bonchev–Trinajstić information content (AvgIpc) is 1.89. The Morgan fingerprint density at radius 1 is 1.78 bits per heavy atom. The summed E-state index contributed by atoms with van der Waals surface area (Å²) in [5.74, 6) is 0. The van der Waals surface area contributed by atoms with E-state index in [9.17, 15) is 0 Å². The Hall–Kier alpha value is 0.342. The molecular weight excluding hydrogens is 172 g/mol. The first-order valence-electron chi connectivity index (χ1n) is 2.47. The Kier molecular flexibility index (Phi) is 15.0. The van der Waals surface area contributed by atoms with Crippen molar-refractivity contribution in [1.29, 1.82) is 5.26 Å². The van der Waals surface area contributed by atoms with E-state index in [0.717, 1.165) is 5.28 Å². The molecule has 0 rings (SSSR count). The molecule has 0 unspecified atom stereocenters. The summed E-state index contributed by atoms with van der Waals surface area (Å²) < 4.78 is 0. The van der Waals surface area contributed by atoms with Crippen LogP contribution in [0.15, 0.2) is 12.7 Å². The molecule has 0 aromatic rings. The van der Waals surface area contributed by atoms with Gasteiger partial charge in [0.1, 0.15) is 0 Å². The highest BCUT2D eigenvalue weighted by Crippen LogP contribution is 1.98. The molecular formula is C5H8AlCl2N. The summed E-state index contributed by atoms with van der Waals surface area (Å²) in [6.07, 6.45) is 1.18. The van der Waals surface area contributed by atoms with Crippen molar-refractivity contribution in [3.8, 4) is 6.07 Å². The van der Waals surface area contributed by atoms with Gasteiger partial charge >= 0.3 is 12.3 Å². The summed E-state index contributed by atoms with van der Waals surface area (Å²) in [5.41, 5.74) is 0. The molecule has 0 aliphatic heterocycles. The number of rotatable bonds is 1.